The molecule has 0 aliphatic carbocycles. The van der Waals surface area contributed by atoms with E-state index in [9.17, 15) is 4.79 Å². The number of amides is 1. The van der Waals surface area contributed by atoms with Crippen LogP contribution in [0.1, 0.15) is 21.6 Å². The third kappa shape index (κ3) is 3.35. The molecule has 4 nitrogen and oxygen atoms in total. The van der Waals surface area contributed by atoms with Crippen molar-refractivity contribution in [3.8, 4) is 0 Å². The van der Waals surface area contributed by atoms with E-state index in [0.717, 1.165) is 23.1 Å². The van der Waals surface area contributed by atoms with Crippen molar-refractivity contribution in [2.24, 2.45) is 0 Å². The van der Waals surface area contributed by atoms with Crippen LogP contribution in [-0.2, 0) is 13.1 Å². The van der Waals surface area contributed by atoms with Crippen LogP contribution in [0.4, 0.5) is 0 Å². The van der Waals surface area contributed by atoms with Crippen LogP contribution in [0.5, 0.6) is 0 Å². The summed E-state index contributed by atoms with van der Waals surface area (Å²) in [6.45, 7) is 1.15. The largest absolute Gasteiger partial charge is 0.346 e. The molecule has 0 atom stereocenters. The van der Waals surface area contributed by atoms with Crippen LogP contribution >= 0.6 is 0 Å². The molecule has 0 saturated carbocycles. The standard InChI is InChI=1S/C22H19N3O/c26-22(24-14-18-10-6-7-13-23-18)20-16-25(15-17-8-2-1-3-9-17)21-12-5-4-11-19(20)21/h1-13,16H,14-15H2,(H,24,26). The zero-order valence-electron chi connectivity index (χ0n) is 14.3. The van der Waals surface area contributed by atoms with Gasteiger partial charge in [-0.1, -0.05) is 54.6 Å². The normalized spacial score (nSPS) is 10.8. The van der Waals surface area contributed by atoms with Crippen LogP contribution < -0.4 is 5.32 Å². The highest BCUT2D eigenvalue weighted by Crippen LogP contribution is 2.22. The lowest BCUT2D eigenvalue weighted by Gasteiger charge is -2.05. The molecule has 0 unspecified atom stereocenters. The first kappa shape index (κ1) is 16.1. The summed E-state index contributed by atoms with van der Waals surface area (Å²) in [6.07, 6.45) is 3.67. The van der Waals surface area contributed by atoms with E-state index in [1.807, 2.05) is 66.9 Å². The van der Waals surface area contributed by atoms with Gasteiger partial charge in [0.1, 0.15) is 0 Å². The van der Waals surface area contributed by atoms with Crippen LogP contribution in [0.25, 0.3) is 10.9 Å². The second kappa shape index (κ2) is 7.23. The Morgan fingerprint density at radius 2 is 1.69 bits per heavy atom. The molecule has 4 rings (SSSR count). The van der Waals surface area contributed by atoms with Gasteiger partial charge in [0.2, 0.25) is 0 Å². The van der Waals surface area contributed by atoms with Crippen molar-refractivity contribution in [3.05, 3.63) is 102 Å². The van der Waals surface area contributed by atoms with E-state index in [0.29, 0.717) is 12.1 Å². The Hall–Kier alpha value is -3.40. The Kier molecular flexibility index (Phi) is 4.48. The van der Waals surface area contributed by atoms with Gasteiger partial charge in [-0.3, -0.25) is 9.78 Å². The first-order valence-electron chi connectivity index (χ1n) is 8.61. The highest BCUT2D eigenvalue weighted by atomic mass is 16.1. The van der Waals surface area contributed by atoms with Gasteiger partial charge in [0.05, 0.1) is 17.8 Å². The minimum Gasteiger partial charge on any atom is -0.346 e. The summed E-state index contributed by atoms with van der Waals surface area (Å²) in [5.74, 6) is -0.0846. The number of aromatic nitrogens is 2. The summed E-state index contributed by atoms with van der Waals surface area (Å²) in [5.41, 5.74) is 3.79. The molecule has 26 heavy (non-hydrogen) atoms. The average Bonchev–Trinajstić information content (AvgIpc) is 3.06. The molecule has 4 heteroatoms. The zero-order chi connectivity index (χ0) is 17.8. The lowest BCUT2D eigenvalue weighted by molar-refractivity contribution is 0.0952. The number of fused-ring (bicyclic) bond motifs is 1. The van der Waals surface area contributed by atoms with Crippen molar-refractivity contribution in [1.82, 2.24) is 14.9 Å². The Morgan fingerprint density at radius 3 is 2.50 bits per heavy atom. The number of para-hydroxylation sites is 1. The molecule has 128 valence electrons. The molecule has 0 aliphatic heterocycles. The third-order valence-electron chi connectivity index (χ3n) is 4.39. The average molecular weight is 341 g/mol. The van der Waals surface area contributed by atoms with Crippen LogP contribution in [0.15, 0.2) is 85.2 Å². The number of carbonyl (C=O) groups is 1. The number of hydrogen-bond donors (Lipinski definition) is 1. The molecular formula is C22H19N3O. The van der Waals surface area contributed by atoms with Crippen molar-refractivity contribution in [1.29, 1.82) is 0 Å². The van der Waals surface area contributed by atoms with Gasteiger partial charge in [0, 0.05) is 29.8 Å². The fourth-order valence-electron chi connectivity index (χ4n) is 3.11. The Balaban J connectivity index is 1.61. The molecule has 0 spiro atoms. The molecule has 1 N–H and O–H groups in total. The predicted molar refractivity (Wildman–Crippen MR) is 103 cm³/mol. The lowest BCUT2D eigenvalue weighted by atomic mass is 10.1. The SMILES string of the molecule is O=C(NCc1ccccn1)c1cn(Cc2ccccc2)c2ccccc12. The molecular weight excluding hydrogens is 322 g/mol. The van der Waals surface area contributed by atoms with E-state index in [1.165, 1.54) is 5.56 Å². The van der Waals surface area contributed by atoms with Crippen LogP contribution in [0, 0.1) is 0 Å². The summed E-state index contributed by atoms with van der Waals surface area (Å²) in [6, 6.07) is 23.9. The summed E-state index contributed by atoms with van der Waals surface area (Å²) in [4.78, 5) is 17.0. The van der Waals surface area contributed by atoms with Crippen LogP contribution in [-0.4, -0.2) is 15.5 Å². The minimum atomic E-state index is -0.0846. The van der Waals surface area contributed by atoms with Crippen LogP contribution in [0.2, 0.25) is 0 Å². The highest BCUT2D eigenvalue weighted by molar-refractivity contribution is 6.07. The van der Waals surface area contributed by atoms with E-state index in [1.54, 1.807) is 6.20 Å². The third-order valence-corrected chi connectivity index (χ3v) is 4.39. The molecule has 2 heterocycles. The lowest BCUT2D eigenvalue weighted by Crippen LogP contribution is -2.23. The summed E-state index contributed by atoms with van der Waals surface area (Å²) in [5, 5.41) is 3.93. The summed E-state index contributed by atoms with van der Waals surface area (Å²) < 4.78 is 2.13. The first-order chi connectivity index (χ1) is 12.8. The number of benzene rings is 2. The van der Waals surface area contributed by atoms with E-state index in [4.69, 9.17) is 0 Å². The number of rotatable bonds is 5. The quantitative estimate of drug-likeness (QED) is 0.596. The number of nitrogens with zero attached hydrogens (tertiary/aromatic N) is 2. The molecule has 1 amide bonds. The van der Waals surface area contributed by atoms with E-state index in [2.05, 4.69) is 27.0 Å². The van der Waals surface area contributed by atoms with Gasteiger partial charge in [-0.2, -0.15) is 0 Å². The van der Waals surface area contributed by atoms with Gasteiger partial charge < -0.3 is 9.88 Å². The summed E-state index contributed by atoms with van der Waals surface area (Å²) >= 11 is 0. The van der Waals surface area contributed by atoms with Crippen molar-refractivity contribution < 1.29 is 4.79 Å². The Labute approximate surface area is 152 Å². The van der Waals surface area contributed by atoms with Gasteiger partial charge in [-0.25, -0.2) is 0 Å². The number of pyridine rings is 1. The maximum atomic E-state index is 12.7. The Morgan fingerprint density at radius 1 is 0.923 bits per heavy atom. The second-order valence-electron chi connectivity index (χ2n) is 6.18. The first-order valence-corrected chi connectivity index (χ1v) is 8.61. The fourth-order valence-corrected chi connectivity index (χ4v) is 3.11. The Bertz CT molecular complexity index is 1020. The second-order valence-corrected chi connectivity index (χ2v) is 6.18. The molecule has 2 aromatic carbocycles. The molecule has 2 aromatic heterocycles. The van der Waals surface area contributed by atoms with Crippen molar-refractivity contribution in [2.45, 2.75) is 13.1 Å². The number of hydrogen-bond acceptors (Lipinski definition) is 2. The van der Waals surface area contributed by atoms with Crippen molar-refractivity contribution >= 4 is 16.8 Å². The molecule has 4 aromatic rings. The fraction of sp³-hybridized carbons (Fsp3) is 0.0909. The van der Waals surface area contributed by atoms with Gasteiger partial charge in [0.25, 0.3) is 5.91 Å². The van der Waals surface area contributed by atoms with Crippen LogP contribution in [0.3, 0.4) is 0 Å². The van der Waals surface area contributed by atoms with Gasteiger partial charge in [-0.15, -0.1) is 0 Å². The topological polar surface area (TPSA) is 46.9 Å². The molecule has 0 saturated heterocycles. The van der Waals surface area contributed by atoms with Gasteiger partial charge in [-0.05, 0) is 23.8 Å². The molecule has 0 radical (unpaired) electrons. The van der Waals surface area contributed by atoms with E-state index < -0.39 is 0 Å². The van der Waals surface area contributed by atoms with Gasteiger partial charge in [0.15, 0.2) is 0 Å². The van der Waals surface area contributed by atoms with Crippen molar-refractivity contribution in [3.63, 3.8) is 0 Å². The minimum absolute atomic E-state index is 0.0846. The van der Waals surface area contributed by atoms with E-state index in [-0.39, 0.29) is 5.91 Å². The maximum absolute atomic E-state index is 12.7. The molecule has 0 aliphatic rings. The monoisotopic (exact) mass is 341 g/mol. The predicted octanol–water partition coefficient (Wildman–Crippen LogP) is 4.01. The number of carbonyl (C=O) groups excluding carboxylic acids is 1. The van der Waals surface area contributed by atoms with Gasteiger partial charge >= 0.3 is 0 Å². The van der Waals surface area contributed by atoms with E-state index >= 15 is 0 Å². The van der Waals surface area contributed by atoms with Crippen molar-refractivity contribution in [2.75, 3.05) is 0 Å². The highest BCUT2D eigenvalue weighted by Gasteiger charge is 2.15. The summed E-state index contributed by atoms with van der Waals surface area (Å²) in [7, 11) is 0. The maximum Gasteiger partial charge on any atom is 0.253 e. The smallest absolute Gasteiger partial charge is 0.253 e. The zero-order valence-corrected chi connectivity index (χ0v) is 14.3. The number of nitrogens with one attached hydrogen (secondary N) is 1. The molecule has 0 fully saturated rings. The molecule has 0 bridgehead atoms.